The fourth-order valence-corrected chi connectivity index (χ4v) is 2.48. The number of rotatable bonds is 4. The highest BCUT2D eigenvalue weighted by molar-refractivity contribution is 8.18. The molecular formula is C14H12ClN3O4S. The quantitative estimate of drug-likeness (QED) is 0.387. The number of hydrogen-bond acceptors (Lipinski definition) is 7. The molecule has 2 rings (SSSR count). The SMILES string of the molecule is COC(=O)/C=C1/S/C(=N\N=Cc2ccc(Cl)c(OC)c2)NC1=O. The van der Waals surface area contributed by atoms with Gasteiger partial charge in [0.05, 0.1) is 30.4 Å². The minimum atomic E-state index is -0.610. The maximum absolute atomic E-state index is 11.6. The molecule has 0 bridgehead atoms. The van der Waals surface area contributed by atoms with E-state index in [0.29, 0.717) is 10.8 Å². The summed E-state index contributed by atoms with van der Waals surface area (Å²) in [6.07, 6.45) is 2.58. The standard InChI is InChI=1S/C14H12ClN3O4S/c1-21-10-5-8(3-4-9(10)15)7-16-18-14-17-13(20)11(23-14)6-12(19)22-2/h3-7H,1-2H3,(H,17,18,20)/b11-6+,16-7?. The molecule has 1 heterocycles. The van der Waals surface area contributed by atoms with E-state index in [-0.39, 0.29) is 10.1 Å². The summed E-state index contributed by atoms with van der Waals surface area (Å²) < 4.78 is 9.56. The summed E-state index contributed by atoms with van der Waals surface area (Å²) in [5.74, 6) is -0.515. The normalized spacial score (nSPS) is 17.8. The van der Waals surface area contributed by atoms with Gasteiger partial charge in [-0.2, -0.15) is 5.10 Å². The number of ether oxygens (including phenoxy) is 2. The van der Waals surface area contributed by atoms with Gasteiger partial charge in [0, 0.05) is 6.08 Å². The Balaban J connectivity index is 2.08. The van der Waals surface area contributed by atoms with E-state index in [2.05, 4.69) is 20.3 Å². The molecule has 1 aliphatic rings. The molecule has 120 valence electrons. The summed E-state index contributed by atoms with van der Waals surface area (Å²) in [6.45, 7) is 0. The Labute approximate surface area is 141 Å². The number of hydrogen-bond donors (Lipinski definition) is 1. The molecule has 1 amide bonds. The van der Waals surface area contributed by atoms with Crippen LogP contribution < -0.4 is 10.1 Å². The Kier molecular flexibility index (Phi) is 5.78. The van der Waals surface area contributed by atoms with E-state index in [1.54, 1.807) is 18.2 Å². The van der Waals surface area contributed by atoms with Crippen molar-refractivity contribution in [1.29, 1.82) is 0 Å². The lowest BCUT2D eigenvalue weighted by Crippen LogP contribution is -2.19. The second-order valence-electron chi connectivity index (χ2n) is 4.13. The van der Waals surface area contributed by atoms with Crippen LogP contribution in [0.3, 0.4) is 0 Å². The molecule has 1 aromatic carbocycles. The molecule has 0 radical (unpaired) electrons. The third-order valence-corrected chi connectivity index (χ3v) is 3.84. The lowest BCUT2D eigenvalue weighted by molar-refractivity contribution is -0.135. The molecule has 0 spiro atoms. The van der Waals surface area contributed by atoms with Crippen LogP contribution >= 0.6 is 23.4 Å². The summed E-state index contributed by atoms with van der Waals surface area (Å²) in [5, 5.41) is 11.0. The molecule has 0 atom stereocenters. The number of carbonyl (C=O) groups is 2. The Bertz CT molecular complexity index is 731. The number of esters is 1. The molecule has 0 aliphatic carbocycles. The van der Waals surface area contributed by atoms with Crippen molar-refractivity contribution in [3.8, 4) is 5.75 Å². The van der Waals surface area contributed by atoms with E-state index >= 15 is 0 Å². The van der Waals surface area contributed by atoms with Crippen molar-refractivity contribution in [2.45, 2.75) is 0 Å². The van der Waals surface area contributed by atoms with Gasteiger partial charge in [0.15, 0.2) is 5.17 Å². The van der Waals surface area contributed by atoms with Crippen LogP contribution in [0.4, 0.5) is 0 Å². The Morgan fingerprint density at radius 3 is 2.87 bits per heavy atom. The van der Waals surface area contributed by atoms with Gasteiger partial charge in [-0.25, -0.2) is 4.79 Å². The van der Waals surface area contributed by atoms with Gasteiger partial charge >= 0.3 is 5.97 Å². The third-order valence-electron chi connectivity index (χ3n) is 2.63. The molecule has 0 saturated carbocycles. The van der Waals surface area contributed by atoms with Crippen molar-refractivity contribution >= 4 is 46.6 Å². The van der Waals surface area contributed by atoms with Crippen molar-refractivity contribution in [2.24, 2.45) is 10.2 Å². The first-order valence-electron chi connectivity index (χ1n) is 6.27. The Morgan fingerprint density at radius 1 is 1.39 bits per heavy atom. The van der Waals surface area contributed by atoms with Gasteiger partial charge in [-0.05, 0) is 29.5 Å². The largest absolute Gasteiger partial charge is 0.495 e. The van der Waals surface area contributed by atoms with Gasteiger partial charge in [-0.3, -0.25) is 10.1 Å². The van der Waals surface area contributed by atoms with Crippen molar-refractivity contribution in [1.82, 2.24) is 5.32 Å². The maximum atomic E-state index is 11.6. The summed E-state index contributed by atoms with van der Waals surface area (Å²) in [5.41, 5.74) is 0.732. The molecule has 0 unspecified atom stereocenters. The number of benzene rings is 1. The summed E-state index contributed by atoms with van der Waals surface area (Å²) in [7, 11) is 2.75. The monoisotopic (exact) mass is 353 g/mol. The topological polar surface area (TPSA) is 89.3 Å². The second kappa shape index (κ2) is 7.80. The lowest BCUT2D eigenvalue weighted by Gasteiger charge is -2.02. The summed E-state index contributed by atoms with van der Waals surface area (Å²) in [4.78, 5) is 22.9. The molecule has 1 saturated heterocycles. The Hall–Kier alpha value is -2.32. The zero-order chi connectivity index (χ0) is 16.8. The van der Waals surface area contributed by atoms with E-state index in [4.69, 9.17) is 16.3 Å². The number of amides is 1. The number of nitrogens with zero attached hydrogens (tertiary/aromatic N) is 2. The predicted octanol–water partition coefficient (Wildman–Crippen LogP) is 1.96. The summed E-state index contributed by atoms with van der Waals surface area (Å²) >= 11 is 6.93. The first-order valence-corrected chi connectivity index (χ1v) is 7.46. The van der Waals surface area contributed by atoms with Crippen LogP contribution in [0.5, 0.6) is 5.75 Å². The minimum absolute atomic E-state index is 0.193. The predicted molar refractivity (Wildman–Crippen MR) is 88.9 cm³/mol. The van der Waals surface area contributed by atoms with Crippen LogP contribution in [0.1, 0.15) is 5.56 Å². The van der Waals surface area contributed by atoms with Crippen LogP contribution in [0.25, 0.3) is 0 Å². The first-order chi connectivity index (χ1) is 11.0. The number of halogens is 1. The molecule has 9 heteroatoms. The number of nitrogens with one attached hydrogen (secondary N) is 1. The van der Waals surface area contributed by atoms with E-state index in [9.17, 15) is 9.59 Å². The average molecular weight is 354 g/mol. The molecule has 1 aromatic rings. The number of methoxy groups -OCH3 is 2. The maximum Gasteiger partial charge on any atom is 0.331 e. The molecule has 1 fully saturated rings. The van der Waals surface area contributed by atoms with Crippen LogP contribution in [-0.4, -0.2) is 37.5 Å². The fourth-order valence-electron chi connectivity index (χ4n) is 1.55. The van der Waals surface area contributed by atoms with Crippen LogP contribution in [-0.2, 0) is 14.3 Å². The number of amidine groups is 1. The van der Waals surface area contributed by atoms with Gasteiger partial charge in [0.1, 0.15) is 5.75 Å². The molecule has 1 aliphatic heterocycles. The molecule has 1 N–H and O–H groups in total. The zero-order valence-electron chi connectivity index (χ0n) is 12.2. The van der Waals surface area contributed by atoms with Crippen LogP contribution in [0, 0.1) is 0 Å². The third kappa shape index (κ3) is 4.57. The van der Waals surface area contributed by atoms with Crippen molar-refractivity contribution in [3.05, 3.63) is 39.8 Å². The van der Waals surface area contributed by atoms with Gasteiger partial charge in [0.25, 0.3) is 5.91 Å². The molecule has 7 nitrogen and oxygen atoms in total. The average Bonchev–Trinajstić information content (AvgIpc) is 2.88. The minimum Gasteiger partial charge on any atom is -0.495 e. The van der Waals surface area contributed by atoms with E-state index in [1.165, 1.54) is 20.4 Å². The first kappa shape index (κ1) is 17.0. The van der Waals surface area contributed by atoms with Crippen molar-refractivity contribution in [2.75, 3.05) is 14.2 Å². The fraction of sp³-hybridized carbons (Fsp3) is 0.143. The smallest absolute Gasteiger partial charge is 0.331 e. The van der Waals surface area contributed by atoms with E-state index in [1.807, 2.05) is 0 Å². The highest BCUT2D eigenvalue weighted by Gasteiger charge is 2.24. The van der Waals surface area contributed by atoms with Gasteiger partial charge in [-0.1, -0.05) is 17.7 Å². The lowest BCUT2D eigenvalue weighted by atomic mass is 10.2. The van der Waals surface area contributed by atoms with Gasteiger partial charge in [-0.15, -0.1) is 5.10 Å². The van der Waals surface area contributed by atoms with Crippen molar-refractivity contribution in [3.63, 3.8) is 0 Å². The van der Waals surface area contributed by atoms with Gasteiger partial charge in [0.2, 0.25) is 0 Å². The second-order valence-corrected chi connectivity index (χ2v) is 5.57. The highest BCUT2D eigenvalue weighted by atomic mass is 35.5. The number of thioether (sulfide) groups is 1. The molecule has 23 heavy (non-hydrogen) atoms. The van der Waals surface area contributed by atoms with E-state index in [0.717, 1.165) is 23.4 Å². The van der Waals surface area contributed by atoms with Crippen LogP contribution in [0.15, 0.2) is 39.4 Å². The summed E-state index contributed by atoms with van der Waals surface area (Å²) in [6, 6.07) is 5.13. The molecule has 0 aromatic heterocycles. The Morgan fingerprint density at radius 2 is 2.17 bits per heavy atom. The highest BCUT2D eigenvalue weighted by Crippen LogP contribution is 2.25. The van der Waals surface area contributed by atoms with Crippen molar-refractivity contribution < 1.29 is 19.1 Å². The van der Waals surface area contributed by atoms with Crippen LogP contribution in [0.2, 0.25) is 5.02 Å². The molecular weight excluding hydrogens is 342 g/mol. The van der Waals surface area contributed by atoms with Gasteiger partial charge < -0.3 is 9.47 Å². The van der Waals surface area contributed by atoms with E-state index < -0.39 is 11.9 Å². The zero-order valence-corrected chi connectivity index (χ0v) is 13.8. The number of carbonyl (C=O) groups excluding carboxylic acids is 2.